The monoisotopic (exact) mass is 236 g/mol. The molecule has 1 unspecified atom stereocenters. The second-order valence-corrected chi connectivity index (χ2v) is 4.70. The fourth-order valence-corrected chi connectivity index (χ4v) is 2.48. The van der Waals surface area contributed by atoms with Crippen LogP contribution >= 0.6 is 11.3 Å². The summed E-state index contributed by atoms with van der Waals surface area (Å²) in [4.78, 5) is 5.34. The van der Waals surface area contributed by atoms with E-state index in [9.17, 15) is 0 Å². The molecule has 16 heavy (non-hydrogen) atoms. The Balaban J connectivity index is 2.20. The number of nitrogens with zero attached hydrogens (tertiary/aromatic N) is 3. The molecule has 0 saturated heterocycles. The van der Waals surface area contributed by atoms with Crippen molar-refractivity contribution in [1.29, 1.82) is 0 Å². The Morgan fingerprint density at radius 1 is 1.56 bits per heavy atom. The predicted molar refractivity (Wildman–Crippen MR) is 65.4 cm³/mol. The first kappa shape index (κ1) is 11.3. The van der Waals surface area contributed by atoms with E-state index in [4.69, 9.17) is 5.73 Å². The van der Waals surface area contributed by atoms with Crippen LogP contribution in [0.25, 0.3) is 0 Å². The minimum absolute atomic E-state index is 0.0990. The highest BCUT2D eigenvalue weighted by Crippen LogP contribution is 2.25. The number of nitrogens with two attached hydrogens (primary N) is 1. The molecule has 5 heteroatoms. The van der Waals surface area contributed by atoms with Crippen molar-refractivity contribution in [3.63, 3.8) is 0 Å². The molecule has 0 bridgehead atoms. The molecule has 0 aliphatic heterocycles. The molecule has 1 atom stereocenters. The van der Waals surface area contributed by atoms with Gasteiger partial charge in [-0.2, -0.15) is 5.10 Å². The third-order valence-electron chi connectivity index (χ3n) is 2.53. The Morgan fingerprint density at radius 3 is 3.00 bits per heavy atom. The van der Waals surface area contributed by atoms with Crippen LogP contribution in [0.5, 0.6) is 0 Å². The van der Waals surface area contributed by atoms with E-state index in [-0.39, 0.29) is 6.04 Å². The zero-order valence-electron chi connectivity index (χ0n) is 9.55. The summed E-state index contributed by atoms with van der Waals surface area (Å²) in [5.41, 5.74) is 10.1. The van der Waals surface area contributed by atoms with E-state index in [0.717, 1.165) is 29.1 Å². The molecule has 0 radical (unpaired) electrons. The van der Waals surface area contributed by atoms with Gasteiger partial charge >= 0.3 is 0 Å². The summed E-state index contributed by atoms with van der Waals surface area (Å²) in [6, 6.07) is -0.0990. The predicted octanol–water partition coefficient (Wildman–Crippen LogP) is 2.11. The van der Waals surface area contributed by atoms with Gasteiger partial charge in [0.1, 0.15) is 0 Å². The first-order chi connectivity index (χ1) is 7.72. The van der Waals surface area contributed by atoms with Crippen molar-refractivity contribution >= 4 is 11.3 Å². The zero-order valence-corrected chi connectivity index (χ0v) is 10.4. The smallest absolute Gasteiger partial charge is 0.0798 e. The van der Waals surface area contributed by atoms with Crippen molar-refractivity contribution in [2.45, 2.75) is 32.9 Å². The van der Waals surface area contributed by atoms with Gasteiger partial charge < -0.3 is 5.73 Å². The SMILES string of the molecule is CCCn1cc(C(N)c2scnc2C)cn1. The molecule has 0 fully saturated rings. The van der Waals surface area contributed by atoms with Crippen LogP contribution in [0.3, 0.4) is 0 Å². The van der Waals surface area contributed by atoms with E-state index in [1.807, 2.05) is 29.5 Å². The van der Waals surface area contributed by atoms with Gasteiger partial charge in [0, 0.05) is 23.2 Å². The molecule has 4 nitrogen and oxygen atoms in total. The van der Waals surface area contributed by atoms with Crippen molar-refractivity contribution in [3.05, 3.63) is 34.0 Å². The lowest BCUT2D eigenvalue weighted by Gasteiger charge is -2.07. The maximum absolute atomic E-state index is 6.19. The average Bonchev–Trinajstić information content (AvgIpc) is 2.87. The number of hydrogen-bond acceptors (Lipinski definition) is 4. The third-order valence-corrected chi connectivity index (χ3v) is 3.54. The Labute approximate surface area is 99.1 Å². The number of rotatable bonds is 4. The van der Waals surface area contributed by atoms with Gasteiger partial charge in [-0.3, -0.25) is 4.68 Å². The molecule has 2 N–H and O–H groups in total. The molecule has 2 rings (SSSR count). The molecule has 0 amide bonds. The summed E-state index contributed by atoms with van der Waals surface area (Å²) < 4.78 is 1.94. The standard InChI is InChI=1S/C11H16N4S/c1-3-4-15-6-9(5-14-15)10(12)11-8(2)13-7-16-11/h5-7,10H,3-4,12H2,1-2H3. The van der Waals surface area contributed by atoms with Crippen LogP contribution in [0.15, 0.2) is 17.9 Å². The summed E-state index contributed by atoms with van der Waals surface area (Å²) in [5, 5.41) is 4.29. The van der Waals surface area contributed by atoms with Crippen molar-refractivity contribution in [2.24, 2.45) is 5.73 Å². The normalized spacial score (nSPS) is 12.9. The van der Waals surface area contributed by atoms with E-state index >= 15 is 0 Å². The van der Waals surface area contributed by atoms with Crippen molar-refractivity contribution in [3.8, 4) is 0 Å². The Bertz CT molecular complexity index is 460. The van der Waals surface area contributed by atoms with Gasteiger partial charge in [0.05, 0.1) is 23.4 Å². The lowest BCUT2D eigenvalue weighted by Crippen LogP contribution is -2.10. The highest BCUT2D eigenvalue weighted by molar-refractivity contribution is 7.09. The van der Waals surface area contributed by atoms with Gasteiger partial charge in [0.15, 0.2) is 0 Å². The number of aryl methyl sites for hydroxylation is 2. The largest absolute Gasteiger partial charge is 0.319 e. The lowest BCUT2D eigenvalue weighted by molar-refractivity contribution is 0.602. The fraction of sp³-hybridized carbons (Fsp3) is 0.455. The molecule has 2 aromatic rings. The van der Waals surface area contributed by atoms with Gasteiger partial charge in [-0.05, 0) is 13.3 Å². The highest BCUT2D eigenvalue weighted by Gasteiger charge is 2.15. The van der Waals surface area contributed by atoms with Crippen LogP contribution in [0, 0.1) is 6.92 Å². The number of thiazole rings is 1. The van der Waals surface area contributed by atoms with Crippen molar-refractivity contribution < 1.29 is 0 Å². The molecule has 0 aliphatic carbocycles. The molecular formula is C11H16N4S. The van der Waals surface area contributed by atoms with E-state index in [2.05, 4.69) is 17.0 Å². The minimum Gasteiger partial charge on any atom is -0.319 e. The fourth-order valence-electron chi connectivity index (χ4n) is 1.65. The summed E-state index contributed by atoms with van der Waals surface area (Å²) >= 11 is 1.60. The van der Waals surface area contributed by atoms with Gasteiger partial charge in [0.25, 0.3) is 0 Å². The van der Waals surface area contributed by atoms with E-state index in [0.29, 0.717) is 0 Å². The quantitative estimate of drug-likeness (QED) is 0.884. The molecule has 0 aliphatic rings. The molecule has 2 heterocycles. The molecule has 0 spiro atoms. The molecular weight excluding hydrogens is 220 g/mol. The van der Waals surface area contributed by atoms with Gasteiger partial charge in [-0.1, -0.05) is 6.92 Å². The molecule has 2 aromatic heterocycles. The van der Waals surface area contributed by atoms with Crippen LogP contribution in [0.4, 0.5) is 0 Å². The summed E-state index contributed by atoms with van der Waals surface area (Å²) in [5.74, 6) is 0. The maximum Gasteiger partial charge on any atom is 0.0798 e. The second-order valence-electron chi connectivity index (χ2n) is 3.82. The Kier molecular flexibility index (Phi) is 3.36. The highest BCUT2D eigenvalue weighted by atomic mass is 32.1. The molecule has 0 saturated carbocycles. The Morgan fingerprint density at radius 2 is 2.38 bits per heavy atom. The minimum atomic E-state index is -0.0990. The summed E-state index contributed by atoms with van der Waals surface area (Å²) in [6.45, 7) is 5.06. The lowest BCUT2D eigenvalue weighted by atomic mass is 10.1. The van der Waals surface area contributed by atoms with Gasteiger partial charge in [-0.25, -0.2) is 4.98 Å². The number of aromatic nitrogens is 3. The third kappa shape index (κ3) is 2.15. The molecule has 86 valence electrons. The van der Waals surface area contributed by atoms with Crippen molar-refractivity contribution in [1.82, 2.24) is 14.8 Å². The van der Waals surface area contributed by atoms with E-state index in [1.54, 1.807) is 11.3 Å². The van der Waals surface area contributed by atoms with E-state index < -0.39 is 0 Å². The van der Waals surface area contributed by atoms with Gasteiger partial charge in [0.2, 0.25) is 0 Å². The average molecular weight is 236 g/mol. The van der Waals surface area contributed by atoms with E-state index in [1.165, 1.54) is 0 Å². The first-order valence-electron chi connectivity index (χ1n) is 5.40. The van der Waals surface area contributed by atoms with Crippen LogP contribution < -0.4 is 5.73 Å². The maximum atomic E-state index is 6.19. The number of hydrogen-bond donors (Lipinski definition) is 1. The van der Waals surface area contributed by atoms with Crippen molar-refractivity contribution in [2.75, 3.05) is 0 Å². The van der Waals surface area contributed by atoms with Crippen LogP contribution in [0.1, 0.15) is 35.5 Å². The molecule has 0 aromatic carbocycles. The van der Waals surface area contributed by atoms with Crippen LogP contribution in [0.2, 0.25) is 0 Å². The summed E-state index contributed by atoms with van der Waals surface area (Å²) in [6.07, 6.45) is 4.95. The summed E-state index contributed by atoms with van der Waals surface area (Å²) in [7, 11) is 0. The first-order valence-corrected chi connectivity index (χ1v) is 6.28. The Hall–Kier alpha value is -1.20. The zero-order chi connectivity index (χ0) is 11.5. The van der Waals surface area contributed by atoms with Gasteiger partial charge in [-0.15, -0.1) is 11.3 Å². The topological polar surface area (TPSA) is 56.7 Å². The van der Waals surface area contributed by atoms with Crippen LogP contribution in [-0.2, 0) is 6.54 Å². The van der Waals surface area contributed by atoms with Crippen LogP contribution in [-0.4, -0.2) is 14.8 Å². The second kappa shape index (κ2) is 4.76.